The molecular formula is C10H13NO. The molecule has 2 nitrogen and oxygen atoms in total. The van der Waals surface area contributed by atoms with Crippen molar-refractivity contribution in [2.75, 3.05) is 0 Å². The lowest BCUT2D eigenvalue weighted by atomic mass is 10.1. The molecule has 2 N–H and O–H groups in total. The Balaban J connectivity index is 2.09. The van der Waals surface area contributed by atoms with Crippen molar-refractivity contribution >= 4 is 6.08 Å². The highest BCUT2D eigenvalue weighted by atomic mass is 16.3. The molecule has 64 valence electrons. The minimum Gasteiger partial charge on any atom is -0.465 e. The van der Waals surface area contributed by atoms with E-state index in [9.17, 15) is 0 Å². The van der Waals surface area contributed by atoms with Crippen molar-refractivity contribution in [1.29, 1.82) is 0 Å². The van der Waals surface area contributed by atoms with Crippen LogP contribution in [-0.4, -0.2) is 6.04 Å². The zero-order chi connectivity index (χ0) is 8.55. The van der Waals surface area contributed by atoms with Gasteiger partial charge in [0, 0.05) is 6.04 Å². The molecule has 0 aliphatic heterocycles. The van der Waals surface area contributed by atoms with E-state index in [1.165, 1.54) is 5.57 Å². The molecule has 0 bridgehead atoms. The smallest absolute Gasteiger partial charge is 0.126 e. The van der Waals surface area contributed by atoms with E-state index in [-0.39, 0.29) is 0 Å². The van der Waals surface area contributed by atoms with Gasteiger partial charge in [0.15, 0.2) is 0 Å². The highest BCUT2D eigenvalue weighted by molar-refractivity contribution is 5.48. The third kappa shape index (κ3) is 1.43. The summed E-state index contributed by atoms with van der Waals surface area (Å²) in [5.74, 6) is 1.52. The first-order valence-electron chi connectivity index (χ1n) is 4.24. The molecule has 0 unspecified atom stereocenters. The number of furan rings is 1. The van der Waals surface area contributed by atoms with Crippen LogP contribution in [0, 0.1) is 5.92 Å². The van der Waals surface area contributed by atoms with E-state index in [1.807, 2.05) is 12.1 Å². The van der Waals surface area contributed by atoms with Crippen LogP contribution >= 0.6 is 0 Å². The Hall–Kier alpha value is -1.02. The molecule has 0 radical (unpaired) electrons. The molecular weight excluding hydrogens is 150 g/mol. The second-order valence-electron chi connectivity index (χ2n) is 3.41. The molecule has 1 heterocycles. The summed E-state index contributed by atoms with van der Waals surface area (Å²) in [5.41, 5.74) is 7.06. The molecule has 2 rings (SSSR count). The molecule has 1 aliphatic carbocycles. The maximum Gasteiger partial charge on any atom is 0.126 e. The summed E-state index contributed by atoms with van der Waals surface area (Å²) in [6, 6.07) is 4.24. The van der Waals surface area contributed by atoms with Crippen LogP contribution in [0.5, 0.6) is 0 Å². The fourth-order valence-electron chi connectivity index (χ4n) is 1.44. The van der Waals surface area contributed by atoms with Gasteiger partial charge < -0.3 is 10.2 Å². The zero-order valence-electron chi connectivity index (χ0n) is 7.16. The van der Waals surface area contributed by atoms with Gasteiger partial charge in [0.1, 0.15) is 5.76 Å². The van der Waals surface area contributed by atoms with Crippen LogP contribution in [0.1, 0.15) is 19.1 Å². The maximum atomic E-state index is 5.72. The van der Waals surface area contributed by atoms with E-state index < -0.39 is 0 Å². The van der Waals surface area contributed by atoms with Crippen molar-refractivity contribution in [2.45, 2.75) is 19.4 Å². The topological polar surface area (TPSA) is 39.2 Å². The molecule has 1 aliphatic rings. The summed E-state index contributed by atoms with van der Waals surface area (Å²) in [6.45, 7) is 2.11. The third-order valence-corrected chi connectivity index (χ3v) is 2.34. The minimum absolute atomic E-state index is 0.385. The number of nitrogens with two attached hydrogens (primary N) is 1. The highest BCUT2D eigenvalue weighted by Crippen LogP contribution is 2.35. The van der Waals surface area contributed by atoms with Gasteiger partial charge in [0.2, 0.25) is 0 Å². The van der Waals surface area contributed by atoms with Gasteiger partial charge >= 0.3 is 0 Å². The summed E-state index contributed by atoms with van der Waals surface area (Å²) in [6.07, 6.45) is 4.88. The Bertz CT molecular complexity index is 287. The SMILES string of the molecule is C/C(=C\c1ccco1)[C@@H]1C[C@H]1N. The summed E-state index contributed by atoms with van der Waals surface area (Å²) < 4.78 is 5.20. The van der Waals surface area contributed by atoms with Gasteiger partial charge in [-0.2, -0.15) is 0 Å². The summed E-state index contributed by atoms with van der Waals surface area (Å²) in [7, 11) is 0. The Morgan fingerprint density at radius 2 is 2.50 bits per heavy atom. The van der Waals surface area contributed by atoms with Crippen molar-refractivity contribution in [3.63, 3.8) is 0 Å². The van der Waals surface area contributed by atoms with E-state index in [0.717, 1.165) is 12.2 Å². The molecule has 2 heteroatoms. The Labute approximate surface area is 72.1 Å². The van der Waals surface area contributed by atoms with Crippen LogP contribution in [0.25, 0.3) is 6.08 Å². The van der Waals surface area contributed by atoms with Crippen LogP contribution in [0.15, 0.2) is 28.4 Å². The molecule has 2 atom stereocenters. The third-order valence-electron chi connectivity index (χ3n) is 2.34. The van der Waals surface area contributed by atoms with Crippen LogP contribution in [0.3, 0.4) is 0 Å². The Morgan fingerprint density at radius 1 is 1.75 bits per heavy atom. The van der Waals surface area contributed by atoms with Gasteiger partial charge in [-0.3, -0.25) is 0 Å². The predicted molar refractivity (Wildman–Crippen MR) is 48.4 cm³/mol. The fourth-order valence-corrected chi connectivity index (χ4v) is 1.44. The van der Waals surface area contributed by atoms with E-state index >= 15 is 0 Å². The quantitative estimate of drug-likeness (QED) is 0.724. The fraction of sp³-hybridized carbons (Fsp3) is 0.400. The molecule has 1 aromatic rings. The Morgan fingerprint density at radius 3 is 3.00 bits per heavy atom. The van der Waals surface area contributed by atoms with Gasteiger partial charge in [-0.15, -0.1) is 0 Å². The van der Waals surface area contributed by atoms with Crippen LogP contribution in [0.2, 0.25) is 0 Å². The monoisotopic (exact) mass is 163 g/mol. The van der Waals surface area contributed by atoms with Gasteiger partial charge in [0.05, 0.1) is 6.26 Å². The first kappa shape index (κ1) is 7.62. The standard InChI is InChI=1S/C10H13NO/c1-7(9-6-10(9)11)5-8-3-2-4-12-8/h2-5,9-10H,6,11H2,1H3/b7-5+/t9-,10+/m0/s1. The molecule has 0 saturated heterocycles. The molecule has 12 heavy (non-hydrogen) atoms. The highest BCUT2D eigenvalue weighted by Gasteiger charge is 2.34. The lowest BCUT2D eigenvalue weighted by Crippen LogP contribution is -2.02. The lowest BCUT2D eigenvalue weighted by Gasteiger charge is -1.94. The normalized spacial score (nSPS) is 29.0. The second-order valence-corrected chi connectivity index (χ2v) is 3.41. The zero-order valence-corrected chi connectivity index (χ0v) is 7.16. The van der Waals surface area contributed by atoms with E-state index in [1.54, 1.807) is 6.26 Å². The summed E-state index contributed by atoms with van der Waals surface area (Å²) in [4.78, 5) is 0. The van der Waals surface area contributed by atoms with Gasteiger partial charge in [-0.1, -0.05) is 5.57 Å². The van der Waals surface area contributed by atoms with Gasteiger partial charge in [-0.05, 0) is 37.5 Å². The molecule has 1 saturated carbocycles. The summed E-state index contributed by atoms with van der Waals surface area (Å²) >= 11 is 0. The molecule has 0 spiro atoms. The lowest BCUT2D eigenvalue weighted by molar-refractivity contribution is 0.556. The molecule has 1 fully saturated rings. The average molecular weight is 163 g/mol. The first-order valence-corrected chi connectivity index (χ1v) is 4.24. The van der Waals surface area contributed by atoms with Crippen molar-refractivity contribution in [1.82, 2.24) is 0 Å². The first-order chi connectivity index (χ1) is 5.77. The van der Waals surface area contributed by atoms with E-state index in [2.05, 4.69) is 13.0 Å². The van der Waals surface area contributed by atoms with Gasteiger partial charge in [-0.25, -0.2) is 0 Å². The largest absolute Gasteiger partial charge is 0.465 e. The van der Waals surface area contributed by atoms with Crippen LogP contribution in [-0.2, 0) is 0 Å². The Kier molecular flexibility index (Phi) is 1.77. The van der Waals surface area contributed by atoms with Gasteiger partial charge in [0.25, 0.3) is 0 Å². The number of hydrogen-bond donors (Lipinski definition) is 1. The minimum atomic E-state index is 0.385. The van der Waals surface area contributed by atoms with Crippen molar-refractivity contribution in [3.8, 4) is 0 Å². The molecule has 0 aromatic carbocycles. The van der Waals surface area contributed by atoms with E-state index in [4.69, 9.17) is 10.2 Å². The van der Waals surface area contributed by atoms with Crippen molar-refractivity contribution in [2.24, 2.45) is 11.7 Å². The molecule has 1 aromatic heterocycles. The maximum absolute atomic E-state index is 5.72. The predicted octanol–water partition coefficient (Wildman–Crippen LogP) is 2.03. The average Bonchev–Trinajstić information content (AvgIpc) is 2.58. The second kappa shape index (κ2) is 2.79. The van der Waals surface area contributed by atoms with Crippen LogP contribution in [0.4, 0.5) is 0 Å². The van der Waals surface area contributed by atoms with Crippen molar-refractivity contribution < 1.29 is 4.42 Å². The summed E-state index contributed by atoms with van der Waals surface area (Å²) in [5, 5.41) is 0. The number of rotatable bonds is 2. The van der Waals surface area contributed by atoms with Crippen molar-refractivity contribution in [3.05, 3.63) is 29.7 Å². The number of hydrogen-bond acceptors (Lipinski definition) is 2. The van der Waals surface area contributed by atoms with Crippen LogP contribution < -0.4 is 5.73 Å². The van der Waals surface area contributed by atoms with E-state index in [0.29, 0.717) is 12.0 Å². The molecule has 0 amide bonds.